The number of allylic oxidation sites excluding steroid dienone is 1. The number of aliphatic imine (C=N–C) groups is 1. The van der Waals surface area contributed by atoms with Crippen LogP contribution in [0.1, 0.15) is 41.0 Å². The van der Waals surface area contributed by atoms with Crippen LogP contribution in [-0.2, 0) is 0 Å². The summed E-state index contributed by atoms with van der Waals surface area (Å²) in [5.41, 5.74) is 2.54. The van der Waals surface area contributed by atoms with Gasteiger partial charge in [-0.3, -0.25) is 0 Å². The van der Waals surface area contributed by atoms with Crippen LogP contribution >= 0.6 is 0 Å². The van der Waals surface area contributed by atoms with Gasteiger partial charge in [0.1, 0.15) is 5.84 Å². The first-order valence-corrected chi connectivity index (χ1v) is 5.50. The molecule has 0 atom stereocenters. The molecule has 0 unspecified atom stereocenters. The van der Waals surface area contributed by atoms with Gasteiger partial charge in [0.05, 0.1) is 6.54 Å². The van der Waals surface area contributed by atoms with Gasteiger partial charge in [-0.05, 0) is 25.8 Å². The molecule has 14 heavy (non-hydrogen) atoms. The normalized spacial score (nSPS) is 17.9. The van der Waals surface area contributed by atoms with Crippen LogP contribution in [0.2, 0.25) is 0 Å². The highest BCUT2D eigenvalue weighted by molar-refractivity contribution is 5.87. The topological polar surface area (TPSA) is 15.6 Å². The first-order valence-electron chi connectivity index (χ1n) is 5.50. The largest absolute Gasteiger partial charge is 0.351 e. The fraction of sp³-hybridized carbons (Fsp3) is 0.667. The van der Waals surface area contributed by atoms with Gasteiger partial charge in [0.15, 0.2) is 0 Å². The van der Waals surface area contributed by atoms with Crippen molar-refractivity contribution in [2.45, 2.75) is 41.0 Å². The van der Waals surface area contributed by atoms with Crippen molar-refractivity contribution in [1.29, 1.82) is 0 Å². The number of rotatable bonds is 3. The number of likely N-dealkylation sites (N-methyl/N-ethyl adjacent to an activating group) is 1. The summed E-state index contributed by atoms with van der Waals surface area (Å²) in [4.78, 5) is 6.94. The van der Waals surface area contributed by atoms with E-state index < -0.39 is 0 Å². The summed E-state index contributed by atoms with van der Waals surface area (Å²) in [5.74, 6) is 1.70. The van der Waals surface area contributed by atoms with Crippen molar-refractivity contribution in [2.24, 2.45) is 10.9 Å². The fourth-order valence-corrected chi connectivity index (χ4v) is 1.72. The van der Waals surface area contributed by atoms with Crippen molar-refractivity contribution in [3.63, 3.8) is 0 Å². The van der Waals surface area contributed by atoms with Gasteiger partial charge in [-0.25, -0.2) is 4.99 Å². The van der Waals surface area contributed by atoms with Gasteiger partial charge in [0.2, 0.25) is 0 Å². The maximum atomic E-state index is 4.68. The Kier molecular flexibility index (Phi) is 3.73. The smallest absolute Gasteiger partial charge is 0.108 e. The molecule has 1 aliphatic heterocycles. The lowest BCUT2D eigenvalue weighted by atomic mass is 10.1. The summed E-state index contributed by atoms with van der Waals surface area (Å²) >= 11 is 0. The molecular weight excluding hydrogens is 172 g/mol. The van der Waals surface area contributed by atoms with E-state index >= 15 is 0 Å². The highest BCUT2D eigenvalue weighted by Gasteiger charge is 2.20. The Hall–Kier alpha value is -0.790. The van der Waals surface area contributed by atoms with E-state index in [1.54, 1.807) is 0 Å². The lowest BCUT2D eigenvalue weighted by Crippen LogP contribution is -2.35. The van der Waals surface area contributed by atoms with Gasteiger partial charge in [-0.2, -0.15) is 0 Å². The minimum atomic E-state index is 0.500. The molecule has 0 aliphatic carbocycles. The van der Waals surface area contributed by atoms with Gasteiger partial charge in [0, 0.05) is 18.2 Å². The van der Waals surface area contributed by atoms with Gasteiger partial charge in [0.25, 0.3) is 0 Å². The lowest BCUT2D eigenvalue weighted by Gasteiger charge is -2.31. The van der Waals surface area contributed by atoms with Gasteiger partial charge in [-0.15, -0.1) is 0 Å². The highest BCUT2D eigenvalue weighted by atomic mass is 15.2. The third kappa shape index (κ3) is 2.17. The molecule has 1 heterocycles. The number of hydrogen-bond donors (Lipinski definition) is 0. The molecule has 2 heteroatoms. The Labute approximate surface area is 87.7 Å². The summed E-state index contributed by atoms with van der Waals surface area (Å²) < 4.78 is 0. The maximum absolute atomic E-state index is 4.68. The minimum Gasteiger partial charge on any atom is -0.351 e. The Morgan fingerprint density at radius 2 is 2.00 bits per heavy atom. The Balaban J connectivity index is 2.95. The van der Waals surface area contributed by atoms with Crippen LogP contribution in [0, 0.1) is 12.5 Å². The molecule has 2 nitrogen and oxygen atoms in total. The molecule has 1 radical (unpaired) electrons. The van der Waals surface area contributed by atoms with E-state index in [2.05, 4.69) is 51.1 Å². The second kappa shape index (κ2) is 4.63. The summed E-state index contributed by atoms with van der Waals surface area (Å²) in [6.07, 6.45) is 1.07. The molecule has 0 aromatic carbocycles. The summed E-state index contributed by atoms with van der Waals surface area (Å²) in [6, 6.07) is 0. The van der Waals surface area contributed by atoms with Crippen LogP contribution in [0.25, 0.3) is 0 Å². The maximum Gasteiger partial charge on any atom is 0.108 e. The van der Waals surface area contributed by atoms with Crippen molar-refractivity contribution in [3.8, 4) is 0 Å². The number of nitrogens with zero attached hydrogens (tertiary/aromatic N) is 2. The molecule has 0 fully saturated rings. The fourth-order valence-electron chi connectivity index (χ4n) is 1.72. The Morgan fingerprint density at radius 1 is 1.36 bits per heavy atom. The first-order chi connectivity index (χ1) is 6.60. The van der Waals surface area contributed by atoms with E-state index in [9.17, 15) is 0 Å². The quantitative estimate of drug-likeness (QED) is 0.672. The third-order valence-electron chi connectivity index (χ3n) is 2.59. The second-order valence-electron chi connectivity index (χ2n) is 4.00. The zero-order chi connectivity index (χ0) is 10.7. The molecule has 1 rings (SSSR count). The first kappa shape index (κ1) is 11.3. The molecule has 0 aromatic heterocycles. The van der Waals surface area contributed by atoms with E-state index in [1.807, 2.05) is 0 Å². The van der Waals surface area contributed by atoms with E-state index in [0.29, 0.717) is 5.92 Å². The molecular formula is C12H21N2. The zero-order valence-electron chi connectivity index (χ0n) is 9.96. The Morgan fingerprint density at radius 3 is 2.43 bits per heavy atom. The summed E-state index contributed by atoms with van der Waals surface area (Å²) in [5, 5.41) is 0. The van der Waals surface area contributed by atoms with Crippen LogP contribution in [0.3, 0.4) is 0 Å². The van der Waals surface area contributed by atoms with Crippen molar-refractivity contribution in [2.75, 3.05) is 6.54 Å². The molecule has 0 N–H and O–H groups in total. The van der Waals surface area contributed by atoms with Crippen LogP contribution in [-0.4, -0.2) is 17.3 Å². The minimum absolute atomic E-state index is 0.500. The van der Waals surface area contributed by atoms with Gasteiger partial charge < -0.3 is 4.90 Å². The zero-order valence-corrected chi connectivity index (χ0v) is 9.96. The van der Waals surface area contributed by atoms with E-state index in [0.717, 1.165) is 13.0 Å². The van der Waals surface area contributed by atoms with Crippen molar-refractivity contribution in [1.82, 2.24) is 4.90 Å². The van der Waals surface area contributed by atoms with Crippen LogP contribution < -0.4 is 0 Å². The Bertz CT molecular complexity index is 261. The van der Waals surface area contributed by atoms with Crippen molar-refractivity contribution in [3.05, 3.63) is 17.8 Å². The molecule has 0 spiro atoms. The molecule has 0 saturated carbocycles. The predicted molar refractivity (Wildman–Crippen MR) is 61.9 cm³/mol. The van der Waals surface area contributed by atoms with E-state index in [-0.39, 0.29) is 0 Å². The molecule has 0 saturated heterocycles. The number of amidine groups is 1. The monoisotopic (exact) mass is 193 g/mol. The highest BCUT2D eigenvalue weighted by Crippen LogP contribution is 2.23. The average molecular weight is 193 g/mol. The number of hydrogen-bond acceptors (Lipinski definition) is 2. The second-order valence-corrected chi connectivity index (χ2v) is 4.00. The van der Waals surface area contributed by atoms with Crippen LogP contribution in [0.4, 0.5) is 0 Å². The average Bonchev–Trinajstić information content (AvgIpc) is 2.17. The van der Waals surface area contributed by atoms with E-state index in [4.69, 9.17) is 0 Å². The molecule has 1 aliphatic rings. The predicted octanol–water partition coefficient (Wildman–Crippen LogP) is 3.22. The standard InChI is InChI=1S/C12H21N2/c1-6-11-8-14(7-2)12(9(3)4)13-10(11)5/h8-9H,6-7H2,1-5H3. The van der Waals surface area contributed by atoms with Gasteiger partial charge >= 0.3 is 0 Å². The lowest BCUT2D eigenvalue weighted by molar-refractivity contribution is 0.495. The molecule has 0 aromatic rings. The van der Waals surface area contributed by atoms with E-state index in [1.165, 1.54) is 17.1 Å². The SMILES string of the molecule is CCC1=C(C)N=C(C(C)C)N(CC)[CH]1. The van der Waals surface area contributed by atoms with Crippen molar-refractivity contribution < 1.29 is 0 Å². The molecule has 0 bridgehead atoms. The molecule has 0 amide bonds. The van der Waals surface area contributed by atoms with Crippen LogP contribution in [0.5, 0.6) is 0 Å². The van der Waals surface area contributed by atoms with Crippen LogP contribution in [0.15, 0.2) is 16.3 Å². The van der Waals surface area contributed by atoms with Gasteiger partial charge in [-0.1, -0.05) is 20.8 Å². The third-order valence-corrected chi connectivity index (χ3v) is 2.59. The van der Waals surface area contributed by atoms with Crippen molar-refractivity contribution >= 4 is 5.84 Å². The molecule has 79 valence electrons. The summed E-state index contributed by atoms with van der Waals surface area (Å²) in [7, 11) is 0. The summed E-state index contributed by atoms with van der Waals surface area (Å²) in [6.45, 7) is 14.1.